The van der Waals surface area contributed by atoms with Crippen LogP contribution in [0.3, 0.4) is 0 Å². The van der Waals surface area contributed by atoms with Gasteiger partial charge in [-0.2, -0.15) is 0 Å². The maximum atomic E-state index is 11.8. The highest BCUT2D eigenvalue weighted by atomic mass is 35.5. The fraction of sp³-hybridized carbons (Fsp3) is 0.267. The van der Waals surface area contributed by atoms with Gasteiger partial charge in [-0.25, -0.2) is 0 Å². The summed E-state index contributed by atoms with van der Waals surface area (Å²) in [6.45, 7) is 0. The number of carboxylic acids is 1. The number of ether oxygens (including phenoxy) is 1. The number of nitrogens with one attached hydrogen (secondary N) is 1. The predicted octanol–water partition coefficient (Wildman–Crippen LogP) is 2.72. The van der Waals surface area contributed by atoms with Crippen LogP contribution in [0.25, 0.3) is 0 Å². The number of nitrogens with zero attached hydrogens (tertiary/aromatic N) is 1. The van der Waals surface area contributed by atoms with Gasteiger partial charge in [0.2, 0.25) is 5.43 Å². The number of aliphatic carboxylic acids is 1. The number of carbonyl (C=O) groups is 1. The van der Waals surface area contributed by atoms with Crippen LogP contribution in [0.4, 0.5) is 0 Å². The summed E-state index contributed by atoms with van der Waals surface area (Å²) in [5.41, 5.74) is -0.864. The number of hydrogen-bond acceptors (Lipinski definition) is 4. The van der Waals surface area contributed by atoms with Gasteiger partial charge >= 0.3 is 5.97 Å². The van der Waals surface area contributed by atoms with Crippen LogP contribution < -0.4 is 10.2 Å². The van der Waals surface area contributed by atoms with Gasteiger partial charge in [0, 0.05) is 11.6 Å². The van der Waals surface area contributed by atoms with E-state index in [9.17, 15) is 14.7 Å². The summed E-state index contributed by atoms with van der Waals surface area (Å²) in [4.78, 5) is 23.5. The minimum Gasteiger partial charge on any atom is -0.481 e. The third-order valence-corrected chi connectivity index (χ3v) is 4.15. The fourth-order valence-corrected chi connectivity index (χ4v) is 2.77. The van der Waals surface area contributed by atoms with Gasteiger partial charge in [0.15, 0.2) is 0 Å². The summed E-state index contributed by atoms with van der Waals surface area (Å²) in [5, 5.41) is 15.9. The first-order chi connectivity index (χ1) is 10.5. The number of H-pyrrole nitrogens is 1. The van der Waals surface area contributed by atoms with Crippen molar-refractivity contribution in [2.24, 2.45) is 0 Å². The molecule has 0 radical (unpaired) electrons. The Bertz CT molecular complexity index is 783. The molecule has 6 nitrogen and oxygen atoms in total. The van der Waals surface area contributed by atoms with E-state index >= 15 is 0 Å². The Balaban J connectivity index is 2.02. The molecule has 2 N–H and O–H groups in total. The van der Waals surface area contributed by atoms with E-state index < -0.39 is 16.8 Å². The number of para-hydroxylation sites is 1. The second-order valence-electron chi connectivity index (χ2n) is 5.22. The van der Waals surface area contributed by atoms with E-state index in [0.717, 1.165) is 12.5 Å². The Labute approximate surface area is 130 Å². The summed E-state index contributed by atoms with van der Waals surface area (Å²) < 4.78 is 5.55. The van der Waals surface area contributed by atoms with E-state index in [1.807, 2.05) is 0 Å². The molecule has 1 aliphatic rings. The van der Waals surface area contributed by atoms with E-state index in [2.05, 4.69) is 10.2 Å². The average Bonchev–Trinajstić information content (AvgIpc) is 2.42. The van der Waals surface area contributed by atoms with Gasteiger partial charge in [-0.15, -0.1) is 5.10 Å². The SMILES string of the molecule is O=C(O)C1(c2ccccc2Oc2n[nH]c(Cl)cc2=O)CCC1. The standard InChI is InChI=1S/C15H13ClN2O4/c16-12-8-10(19)13(18-17-12)22-11-5-2-1-4-9(11)15(14(20)21)6-3-7-15/h1-2,4-5,8H,3,6-7H2,(H,17,19)(H,20,21). The normalized spacial score (nSPS) is 15.9. The number of aromatic nitrogens is 2. The van der Waals surface area contributed by atoms with Crippen LogP contribution in [0.15, 0.2) is 35.1 Å². The molecule has 1 aromatic heterocycles. The number of halogens is 1. The lowest BCUT2D eigenvalue weighted by molar-refractivity contribution is -0.147. The summed E-state index contributed by atoms with van der Waals surface area (Å²) in [5.74, 6) is -0.727. The molecule has 3 rings (SSSR count). The molecule has 2 aromatic rings. The van der Waals surface area contributed by atoms with Crippen LogP contribution >= 0.6 is 11.6 Å². The Hall–Kier alpha value is -2.34. The molecule has 114 valence electrons. The molecule has 0 spiro atoms. The first-order valence-corrected chi connectivity index (χ1v) is 7.17. The topological polar surface area (TPSA) is 92.3 Å². The molecule has 1 fully saturated rings. The molecule has 7 heteroatoms. The van der Waals surface area contributed by atoms with E-state index in [0.29, 0.717) is 24.2 Å². The zero-order chi connectivity index (χ0) is 15.7. The Kier molecular flexibility index (Phi) is 3.62. The summed E-state index contributed by atoms with van der Waals surface area (Å²) >= 11 is 5.65. The van der Waals surface area contributed by atoms with Gasteiger partial charge in [0.25, 0.3) is 5.88 Å². The minimum absolute atomic E-state index is 0.103. The summed E-state index contributed by atoms with van der Waals surface area (Å²) in [6.07, 6.45) is 1.95. The van der Waals surface area contributed by atoms with Crippen molar-refractivity contribution >= 4 is 17.6 Å². The smallest absolute Gasteiger partial charge is 0.314 e. The van der Waals surface area contributed by atoms with Crippen LogP contribution in [0, 0.1) is 0 Å². The largest absolute Gasteiger partial charge is 0.481 e. The Morgan fingerprint density at radius 1 is 1.36 bits per heavy atom. The van der Waals surface area contributed by atoms with Crippen molar-refractivity contribution in [3.63, 3.8) is 0 Å². The highest BCUT2D eigenvalue weighted by Gasteiger charge is 2.47. The molecule has 1 aromatic carbocycles. The summed E-state index contributed by atoms with van der Waals surface area (Å²) in [7, 11) is 0. The van der Waals surface area contributed by atoms with E-state index in [-0.39, 0.29) is 11.0 Å². The molecule has 0 aliphatic heterocycles. The minimum atomic E-state index is -0.949. The number of benzene rings is 1. The second-order valence-corrected chi connectivity index (χ2v) is 5.63. The molecule has 0 unspecified atom stereocenters. The van der Waals surface area contributed by atoms with E-state index in [4.69, 9.17) is 16.3 Å². The third-order valence-electron chi connectivity index (χ3n) is 3.96. The van der Waals surface area contributed by atoms with Crippen molar-refractivity contribution in [1.29, 1.82) is 0 Å². The predicted molar refractivity (Wildman–Crippen MR) is 79.5 cm³/mol. The fourth-order valence-electron chi connectivity index (χ4n) is 2.63. The molecule has 0 amide bonds. The number of aromatic amines is 1. The molecule has 1 aliphatic carbocycles. The Morgan fingerprint density at radius 2 is 2.09 bits per heavy atom. The van der Waals surface area contributed by atoms with Gasteiger partial charge in [0.1, 0.15) is 10.9 Å². The first kappa shape index (κ1) is 14.6. The zero-order valence-corrected chi connectivity index (χ0v) is 12.3. The number of carboxylic acid groups (broad SMARTS) is 1. The average molecular weight is 321 g/mol. The molecule has 22 heavy (non-hydrogen) atoms. The lowest BCUT2D eigenvalue weighted by Gasteiger charge is -2.38. The molecule has 1 heterocycles. The highest BCUT2D eigenvalue weighted by molar-refractivity contribution is 6.29. The Morgan fingerprint density at radius 3 is 2.68 bits per heavy atom. The molecule has 0 atom stereocenters. The van der Waals surface area contributed by atoms with Crippen LogP contribution in [-0.4, -0.2) is 21.3 Å². The van der Waals surface area contributed by atoms with Gasteiger partial charge < -0.3 is 9.84 Å². The monoisotopic (exact) mass is 320 g/mol. The molecule has 1 saturated carbocycles. The van der Waals surface area contributed by atoms with Gasteiger partial charge in [-0.3, -0.25) is 14.7 Å². The van der Waals surface area contributed by atoms with Crippen molar-refractivity contribution < 1.29 is 14.6 Å². The van der Waals surface area contributed by atoms with Crippen molar-refractivity contribution in [2.45, 2.75) is 24.7 Å². The van der Waals surface area contributed by atoms with Crippen LogP contribution in [-0.2, 0) is 10.2 Å². The molecule has 0 saturated heterocycles. The maximum absolute atomic E-state index is 11.8. The lowest BCUT2D eigenvalue weighted by atomic mass is 9.64. The van der Waals surface area contributed by atoms with Gasteiger partial charge in [0.05, 0.1) is 5.41 Å². The highest BCUT2D eigenvalue weighted by Crippen LogP contribution is 2.47. The zero-order valence-electron chi connectivity index (χ0n) is 11.5. The van der Waals surface area contributed by atoms with Crippen molar-refractivity contribution in [3.05, 3.63) is 51.3 Å². The van der Waals surface area contributed by atoms with E-state index in [1.54, 1.807) is 24.3 Å². The number of rotatable bonds is 4. The molecular weight excluding hydrogens is 308 g/mol. The van der Waals surface area contributed by atoms with Crippen LogP contribution in [0.5, 0.6) is 11.6 Å². The van der Waals surface area contributed by atoms with Crippen LogP contribution in [0.2, 0.25) is 5.15 Å². The van der Waals surface area contributed by atoms with Crippen molar-refractivity contribution in [2.75, 3.05) is 0 Å². The quantitative estimate of drug-likeness (QED) is 0.903. The van der Waals surface area contributed by atoms with Crippen molar-refractivity contribution in [1.82, 2.24) is 10.2 Å². The first-order valence-electron chi connectivity index (χ1n) is 6.79. The molecule has 0 bridgehead atoms. The van der Waals surface area contributed by atoms with Crippen molar-refractivity contribution in [3.8, 4) is 11.6 Å². The van der Waals surface area contributed by atoms with Gasteiger partial charge in [-0.1, -0.05) is 36.2 Å². The third kappa shape index (κ3) is 2.35. The maximum Gasteiger partial charge on any atom is 0.314 e. The summed E-state index contributed by atoms with van der Waals surface area (Å²) in [6, 6.07) is 7.98. The van der Waals surface area contributed by atoms with Crippen LogP contribution in [0.1, 0.15) is 24.8 Å². The lowest BCUT2D eigenvalue weighted by Crippen LogP contribution is -2.42. The van der Waals surface area contributed by atoms with E-state index in [1.165, 1.54) is 0 Å². The van der Waals surface area contributed by atoms with Gasteiger partial charge in [-0.05, 0) is 18.9 Å². The molecular formula is C15H13ClN2O4. The number of hydrogen-bond donors (Lipinski definition) is 2. The second kappa shape index (κ2) is 5.46.